The maximum Gasteiger partial charge on any atom is 0.132 e. The van der Waals surface area contributed by atoms with Gasteiger partial charge in [-0.05, 0) is 13.3 Å². The Hall–Kier alpha value is -1.91. The molecule has 0 atom stereocenters. The summed E-state index contributed by atoms with van der Waals surface area (Å²) in [5.74, 6) is 2.33. The fourth-order valence-electron chi connectivity index (χ4n) is 1.75. The first kappa shape index (κ1) is 11.6. The van der Waals surface area contributed by atoms with Gasteiger partial charge < -0.3 is 10.3 Å². The van der Waals surface area contributed by atoms with Crippen molar-refractivity contribution in [2.24, 2.45) is 0 Å². The summed E-state index contributed by atoms with van der Waals surface area (Å²) < 4.78 is 2.09. The van der Waals surface area contributed by atoms with Crippen LogP contribution in [0.1, 0.15) is 30.6 Å². The highest BCUT2D eigenvalue weighted by Gasteiger charge is 2.06. The van der Waals surface area contributed by atoms with Gasteiger partial charge in [-0.25, -0.2) is 15.0 Å². The molecular formula is C12H17N5. The third-order valence-corrected chi connectivity index (χ3v) is 2.63. The quantitative estimate of drug-likeness (QED) is 0.867. The molecule has 5 nitrogen and oxygen atoms in total. The first-order chi connectivity index (χ1) is 8.20. The molecule has 17 heavy (non-hydrogen) atoms. The van der Waals surface area contributed by atoms with Crippen LogP contribution >= 0.6 is 0 Å². The lowest BCUT2D eigenvalue weighted by Crippen LogP contribution is -2.08. The highest BCUT2D eigenvalue weighted by molar-refractivity contribution is 5.37. The van der Waals surface area contributed by atoms with Crippen LogP contribution in [0.4, 0.5) is 5.82 Å². The number of hydrogen-bond acceptors (Lipinski definition) is 4. The zero-order valence-corrected chi connectivity index (χ0v) is 10.2. The van der Waals surface area contributed by atoms with Crippen molar-refractivity contribution in [1.29, 1.82) is 0 Å². The van der Waals surface area contributed by atoms with Crippen molar-refractivity contribution in [3.63, 3.8) is 0 Å². The number of anilines is 1. The van der Waals surface area contributed by atoms with Crippen LogP contribution in [0.2, 0.25) is 0 Å². The molecule has 0 spiro atoms. The predicted octanol–water partition coefficient (Wildman–Crippen LogP) is 1.56. The SMILES string of the molecule is CCCc1nccn1Cc1cnc(C)nc1N. The molecule has 0 radical (unpaired) electrons. The van der Waals surface area contributed by atoms with Crippen molar-refractivity contribution < 1.29 is 0 Å². The predicted molar refractivity (Wildman–Crippen MR) is 66.5 cm³/mol. The number of hydrogen-bond donors (Lipinski definition) is 1. The second kappa shape index (κ2) is 4.95. The lowest BCUT2D eigenvalue weighted by Gasteiger charge is -2.09. The Balaban J connectivity index is 2.22. The average molecular weight is 231 g/mol. The van der Waals surface area contributed by atoms with Crippen LogP contribution < -0.4 is 5.73 Å². The number of rotatable bonds is 4. The number of nitrogens with two attached hydrogens (primary N) is 1. The molecule has 0 bridgehead atoms. The third kappa shape index (κ3) is 2.61. The molecule has 2 heterocycles. The van der Waals surface area contributed by atoms with Gasteiger partial charge in [0.2, 0.25) is 0 Å². The van der Waals surface area contributed by atoms with Crippen molar-refractivity contribution in [1.82, 2.24) is 19.5 Å². The number of aromatic nitrogens is 4. The van der Waals surface area contributed by atoms with Crippen LogP contribution in [0.5, 0.6) is 0 Å². The molecular weight excluding hydrogens is 214 g/mol. The van der Waals surface area contributed by atoms with Gasteiger partial charge in [0.05, 0.1) is 6.54 Å². The van der Waals surface area contributed by atoms with E-state index in [1.165, 1.54) is 0 Å². The van der Waals surface area contributed by atoms with E-state index in [9.17, 15) is 0 Å². The van der Waals surface area contributed by atoms with Gasteiger partial charge in [0, 0.05) is 30.6 Å². The molecule has 0 aromatic carbocycles. The lowest BCUT2D eigenvalue weighted by atomic mass is 10.3. The van der Waals surface area contributed by atoms with E-state index in [1.54, 1.807) is 6.20 Å². The first-order valence-electron chi connectivity index (χ1n) is 5.78. The standard InChI is InChI=1S/C12H17N5/c1-3-4-11-14-5-6-17(11)8-10-7-15-9(2)16-12(10)13/h5-7H,3-4,8H2,1-2H3,(H2,13,15,16). The second-order valence-electron chi connectivity index (χ2n) is 4.05. The van der Waals surface area contributed by atoms with Gasteiger partial charge in [0.1, 0.15) is 17.5 Å². The van der Waals surface area contributed by atoms with Crippen LogP contribution in [0.3, 0.4) is 0 Å². The monoisotopic (exact) mass is 231 g/mol. The fourth-order valence-corrected chi connectivity index (χ4v) is 1.75. The summed E-state index contributed by atoms with van der Waals surface area (Å²) in [6.45, 7) is 4.66. The maximum atomic E-state index is 5.88. The molecule has 0 aliphatic rings. The highest BCUT2D eigenvalue weighted by Crippen LogP contribution is 2.11. The molecule has 90 valence electrons. The van der Waals surface area contributed by atoms with Gasteiger partial charge in [-0.1, -0.05) is 6.92 Å². The maximum absolute atomic E-state index is 5.88. The van der Waals surface area contributed by atoms with E-state index in [2.05, 4.69) is 26.4 Å². The topological polar surface area (TPSA) is 69.6 Å². The Bertz CT molecular complexity index is 503. The molecule has 0 unspecified atom stereocenters. The minimum Gasteiger partial charge on any atom is -0.383 e. The van der Waals surface area contributed by atoms with E-state index in [1.807, 2.05) is 19.3 Å². The summed E-state index contributed by atoms with van der Waals surface area (Å²) >= 11 is 0. The van der Waals surface area contributed by atoms with Gasteiger partial charge in [-0.2, -0.15) is 0 Å². The van der Waals surface area contributed by atoms with Crippen molar-refractivity contribution in [3.05, 3.63) is 35.8 Å². The zero-order valence-electron chi connectivity index (χ0n) is 10.2. The summed E-state index contributed by atoms with van der Waals surface area (Å²) in [7, 11) is 0. The lowest BCUT2D eigenvalue weighted by molar-refractivity contribution is 0.702. The van der Waals surface area contributed by atoms with Gasteiger partial charge in [-0.15, -0.1) is 0 Å². The minimum atomic E-state index is 0.550. The highest BCUT2D eigenvalue weighted by atomic mass is 15.1. The Morgan fingerprint density at radius 1 is 1.35 bits per heavy atom. The van der Waals surface area contributed by atoms with Crippen molar-refractivity contribution in [3.8, 4) is 0 Å². The summed E-state index contributed by atoms with van der Waals surface area (Å²) in [4.78, 5) is 12.7. The fraction of sp³-hybridized carbons (Fsp3) is 0.417. The Morgan fingerprint density at radius 3 is 2.88 bits per heavy atom. The van der Waals surface area contributed by atoms with E-state index in [0.717, 1.165) is 24.2 Å². The number of nitrogen functional groups attached to an aromatic ring is 1. The van der Waals surface area contributed by atoms with Crippen LogP contribution in [0.25, 0.3) is 0 Å². The van der Waals surface area contributed by atoms with Crippen molar-refractivity contribution >= 4 is 5.82 Å². The van der Waals surface area contributed by atoms with E-state index in [0.29, 0.717) is 18.2 Å². The normalized spacial score (nSPS) is 10.7. The van der Waals surface area contributed by atoms with E-state index in [-0.39, 0.29) is 0 Å². The smallest absolute Gasteiger partial charge is 0.132 e. The summed E-state index contributed by atoms with van der Waals surface area (Å²) in [6.07, 6.45) is 7.62. The average Bonchev–Trinajstić information content (AvgIpc) is 2.71. The van der Waals surface area contributed by atoms with Crippen LogP contribution in [-0.4, -0.2) is 19.5 Å². The molecule has 0 saturated heterocycles. The van der Waals surface area contributed by atoms with Crippen LogP contribution in [0.15, 0.2) is 18.6 Å². The van der Waals surface area contributed by atoms with E-state index < -0.39 is 0 Å². The van der Waals surface area contributed by atoms with Gasteiger partial charge in [0.15, 0.2) is 0 Å². The van der Waals surface area contributed by atoms with Crippen molar-refractivity contribution in [2.75, 3.05) is 5.73 Å². The Kier molecular flexibility index (Phi) is 3.37. The number of nitrogens with zero attached hydrogens (tertiary/aromatic N) is 4. The molecule has 0 saturated carbocycles. The van der Waals surface area contributed by atoms with Gasteiger partial charge >= 0.3 is 0 Å². The van der Waals surface area contributed by atoms with Crippen LogP contribution in [0, 0.1) is 6.92 Å². The van der Waals surface area contributed by atoms with Gasteiger partial charge in [0.25, 0.3) is 0 Å². The third-order valence-electron chi connectivity index (χ3n) is 2.63. The molecule has 0 amide bonds. The van der Waals surface area contributed by atoms with Crippen LogP contribution in [-0.2, 0) is 13.0 Å². The Labute approximate surface area is 101 Å². The summed E-state index contributed by atoms with van der Waals surface area (Å²) in [5, 5.41) is 0. The molecule has 0 fully saturated rings. The zero-order chi connectivity index (χ0) is 12.3. The minimum absolute atomic E-state index is 0.550. The molecule has 5 heteroatoms. The molecule has 0 aliphatic heterocycles. The number of aryl methyl sites for hydroxylation is 2. The summed E-state index contributed by atoms with van der Waals surface area (Å²) in [5.41, 5.74) is 6.81. The van der Waals surface area contributed by atoms with Gasteiger partial charge in [-0.3, -0.25) is 0 Å². The molecule has 2 aromatic rings. The molecule has 2 aromatic heterocycles. The molecule has 2 N–H and O–H groups in total. The van der Waals surface area contributed by atoms with E-state index in [4.69, 9.17) is 5.73 Å². The first-order valence-corrected chi connectivity index (χ1v) is 5.78. The number of imidazole rings is 1. The second-order valence-corrected chi connectivity index (χ2v) is 4.05. The van der Waals surface area contributed by atoms with E-state index >= 15 is 0 Å². The Morgan fingerprint density at radius 2 is 2.18 bits per heavy atom. The summed E-state index contributed by atoms with van der Waals surface area (Å²) in [6, 6.07) is 0. The van der Waals surface area contributed by atoms with Crippen molar-refractivity contribution in [2.45, 2.75) is 33.2 Å². The largest absolute Gasteiger partial charge is 0.383 e. The molecule has 2 rings (SSSR count). The molecule has 0 aliphatic carbocycles.